The molecule has 19 heavy (non-hydrogen) atoms. The molecule has 3 rings (SSSR count). The molecule has 1 aromatic carbocycles. The Hall–Kier alpha value is -2.56. The van der Waals surface area contributed by atoms with E-state index < -0.39 is 11.9 Å². The molecule has 3 amide bonds. The summed E-state index contributed by atoms with van der Waals surface area (Å²) >= 11 is 0. The van der Waals surface area contributed by atoms with Crippen LogP contribution in [0.3, 0.4) is 0 Å². The number of hydrogen-bond donors (Lipinski definition) is 1. The van der Waals surface area contributed by atoms with Gasteiger partial charge in [-0.1, -0.05) is 18.2 Å². The highest BCUT2D eigenvalue weighted by molar-refractivity contribution is 6.08. The zero-order chi connectivity index (χ0) is 13.2. The van der Waals surface area contributed by atoms with Crippen LogP contribution in [0.5, 0.6) is 0 Å². The predicted octanol–water partition coefficient (Wildman–Crippen LogP) is 2.19. The van der Waals surface area contributed by atoms with Gasteiger partial charge in [-0.05, 0) is 30.2 Å². The van der Waals surface area contributed by atoms with E-state index in [2.05, 4.69) is 5.32 Å². The minimum Gasteiger partial charge on any atom is -0.459 e. The maximum atomic E-state index is 12.1. The normalized spacial score (nSPS) is 13.2. The molecule has 0 unspecified atom stereocenters. The fourth-order valence-corrected chi connectivity index (χ4v) is 2.18. The van der Waals surface area contributed by atoms with Gasteiger partial charge in [-0.2, -0.15) is 0 Å². The van der Waals surface area contributed by atoms with Crippen molar-refractivity contribution in [3.05, 3.63) is 54.0 Å². The number of para-hydroxylation sites is 1. The van der Waals surface area contributed by atoms with Crippen LogP contribution in [0.1, 0.15) is 16.1 Å². The Kier molecular flexibility index (Phi) is 2.79. The summed E-state index contributed by atoms with van der Waals surface area (Å²) in [4.78, 5) is 25.4. The third kappa shape index (κ3) is 2.10. The lowest BCUT2D eigenvalue weighted by Gasteiger charge is -2.16. The molecule has 5 nitrogen and oxygen atoms in total. The number of amides is 3. The first-order valence-corrected chi connectivity index (χ1v) is 6.00. The van der Waals surface area contributed by atoms with Crippen LogP contribution in [0.2, 0.25) is 0 Å². The Morgan fingerprint density at radius 1 is 1.16 bits per heavy atom. The number of rotatable bonds is 1. The number of urea groups is 1. The van der Waals surface area contributed by atoms with Gasteiger partial charge in [0.05, 0.1) is 6.26 Å². The number of carbonyl (C=O) groups is 2. The third-order valence-electron chi connectivity index (χ3n) is 3.10. The molecule has 1 aliphatic heterocycles. The molecule has 0 saturated heterocycles. The Labute approximate surface area is 109 Å². The van der Waals surface area contributed by atoms with Crippen molar-refractivity contribution in [3.8, 4) is 0 Å². The van der Waals surface area contributed by atoms with Crippen LogP contribution in [-0.2, 0) is 6.42 Å². The average molecular weight is 256 g/mol. The summed E-state index contributed by atoms with van der Waals surface area (Å²) in [6.07, 6.45) is 2.20. The maximum absolute atomic E-state index is 12.1. The Bertz CT molecular complexity index is 619. The standard InChI is InChI=1S/C14H12N2O3/c17-13(12-6-3-9-19-12)15-14(18)16-8-7-10-4-1-2-5-11(10)16/h1-6,9H,7-8H2,(H,15,17,18). The molecular formula is C14H12N2O3. The number of nitrogens with one attached hydrogen (secondary N) is 1. The van der Waals surface area contributed by atoms with Crippen molar-refractivity contribution in [3.63, 3.8) is 0 Å². The van der Waals surface area contributed by atoms with E-state index in [-0.39, 0.29) is 5.76 Å². The number of nitrogens with zero attached hydrogens (tertiary/aromatic N) is 1. The van der Waals surface area contributed by atoms with Crippen LogP contribution in [0.15, 0.2) is 47.1 Å². The molecular weight excluding hydrogens is 244 g/mol. The summed E-state index contributed by atoms with van der Waals surface area (Å²) in [5, 5.41) is 2.32. The van der Waals surface area contributed by atoms with Crippen molar-refractivity contribution in [1.29, 1.82) is 0 Å². The zero-order valence-corrected chi connectivity index (χ0v) is 10.1. The smallest absolute Gasteiger partial charge is 0.328 e. The van der Waals surface area contributed by atoms with Crippen LogP contribution < -0.4 is 10.2 Å². The van der Waals surface area contributed by atoms with E-state index in [0.29, 0.717) is 6.54 Å². The van der Waals surface area contributed by atoms with Gasteiger partial charge in [-0.3, -0.25) is 15.0 Å². The molecule has 0 atom stereocenters. The predicted molar refractivity (Wildman–Crippen MR) is 69.1 cm³/mol. The Morgan fingerprint density at radius 3 is 2.79 bits per heavy atom. The van der Waals surface area contributed by atoms with Crippen LogP contribution in [0, 0.1) is 0 Å². The molecule has 96 valence electrons. The second-order valence-corrected chi connectivity index (χ2v) is 4.27. The summed E-state index contributed by atoms with van der Waals surface area (Å²) in [6, 6.07) is 10.4. The molecule has 0 bridgehead atoms. The van der Waals surface area contributed by atoms with Crippen molar-refractivity contribution >= 4 is 17.6 Å². The Balaban J connectivity index is 1.74. The number of carbonyl (C=O) groups excluding carboxylic acids is 2. The van der Waals surface area contributed by atoms with Crippen molar-refractivity contribution in [2.24, 2.45) is 0 Å². The Morgan fingerprint density at radius 2 is 2.00 bits per heavy atom. The monoisotopic (exact) mass is 256 g/mol. The van der Waals surface area contributed by atoms with Crippen LogP contribution in [-0.4, -0.2) is 18.5 Å². The first kappa shape index (κ1) is 11.5. The molecule has 5 heteroatoms. The first-order chi connectivity index (χ1) is 9.25. The lowest BCUT2D eigenvalue weighted by Crippen LogP contribution is -2.42. The third-order valence-corrected chi connectivity index (χ3v) is 3.10. The highest BCUT2D eigenvalue weighted by atomic mass is 16.3. The van der Waals surface area contributed by atoms with E-state index in [0.717, 1.165) is 17.7 Å². The van der Waals surface area contributed by atoms with Gasteiger partial charge in [0.25, 0.3) is 5.91 Å². The summed E-state index contributed by atoms with van der Waals surface area (Å²) in [6.45, 7) is 0.580. The summed E-state index contributed by atoms with van der Waals surface area (Å²) in [5.74, 6) is -0.403. The number of fused-ring (bicyclic) bond motifs is 1. The molecule has 0 fully saturated rings. The maximum Gasteiger partial charge on any atom is 0.328 e. The first-order valence-electron chi connectivity index (χ1n) is 6.00. The second-order valence-electron chi connectivity index (χ2n) is 4.27. The summed E-state index contributed by atoms with van der Waals surface area (Å²) in [7, 11) is 0. The van der Waals surface area contributed by atoms with E-state index in [1.165, 1.54) is 12.3 Å². The van der Waals surface area contributed by atoms with Gasteiger partial charge >= 0.3 is 6.03 Å². The number of hydrogen-bond acceptors (Lipinski definition) is 3. The van der Waals surface area contributed by atoms with Gasteiger partial charge in [0.2, 0.25) is 0 Å². The van der Waals surface area contributed by atoms with Gasteiger partial charge in [0, 0.05) is 12.2 Å². The summed E-state index contributed by atoms with van der Waals surface area (Å²) < 4.78 is 4.95. The molecule has 0 aliphatic carbocycles. The zero-order valence-electron chi connectivity index (χ0n) is 10.1. The van der Waals surface area contributed by atoms with Gasteiger partial charge in [-0.15, -0.1) is 0 Å². The fraction of sp³-hybridized carbons (Fsp3) is 0.143. The molecule has 0 spiro atoms. The molecule has 1 N–H and O–H groups in total. The van der Waals surface area contributed by atoms with Gasteiger partial charge < -0.3 is 4.42 Å². The van der Waals surface area contributed by atoms with E-state index >= 15 is 0 Å². The van der Waals surface area contributed by atoms with Crippen LogP contribution in [0.4, 0.5) is 10.5 Å². The quantitative estimate of drug-likeness (QED) is 0.850. The van der Waals surface area contributed by atoms with Gasteiger partial charge in [0.15, 0.2) is 5.76 Å². The van der Waals surface area contributed by atoms with Crippen molar-refractivity contribution in [2.75, 3.05) is 11.4 Å². The molecule has 0 radical (unpaired) electrons. The fourth-order valence-electron chi connectivity index (χ4n) is 2.18. The van der Waals surface area contributed by atoms with Crippen LogP contribution in [0.25, 0.3) is 0 Å². The number of imide groups is 1. The highest BCUT2D eigenvalue weighted by Gasteiger charge is 2.25. The van der Waals surface area contributed by atoms with E-state index in [1.807, 2.05) is 24.3 Å². The topological polar surface area (TPSA) is 62.6 Å². The molecule has 2 heterocycles. The molecule has 2 aromatic rings. The van der Waals surface area contributed by atoms with Gasteiger partial charge in [-0.25, -0.2) is 4.79 Å². The minimum absolute atomic E-state index is 0.126. The highest BCUT2D eigenvalue weighted by Crippen LogP contribution is 2.27. The lowest BCUT2D eigenvalue weighted by atomic mass is 10.2. The van der Waals surface area contributed by atoms with Crippen molar-refractivity contribution < 1.29 is 14.0 Å². The van der Waals surface area contributed by atoms with Gasteiger partial charge in [0.1, 0.15) is 0 Å². The van der Waals surface area contributed by atoms with Crippen molar-refractivity contribution in [2.45, 2.75) is 6.42 Å². The number of anilines is 1. The van der Waals surface area contributed by atoms with E-state index in [4.69, 9.17) is 4.42 Å². The van der Waals surface area contributed by atoms with E-state index in [9.17, 15) is 9.59 Å². The largest absolute Gasteiger partial charge is 0.459 e. The SMILES string of the molecule is O=C(NC(=O)N1CCc2ccccc21)c1ccco1. The van der Waals surface area contributed by atoms with Crippen molar-refractivity contribution in [1.82, 2.24) is 5.32 Å². The summed E-state index contributed by atoms with van der Waals surface area (Å²) in [5.41, 5.74) is 1.97. The minimum atomic E-state index is -0.528. The number of furan rings is 1. The number of benzene rings is 1. The molecule has 1 aromatic heterocycles. The average Bonchev–Trinajstić information content (AvgIpc) is 3.08. The molecule has 0 saturated carbocycles. The second kappa shape index (κ2) is 4.61. The van der Waals surface area contributed by atoms with E-state index in [1.54, 1.807) is 11.0 Å². The van der Waals surface area contributed by atoms with Crippen LogP contribution >= 0.6 is 0 Å². The molecule has 1 aliphatic rings. The lowest BCUT2D eigenvalue weighted by molar-refractivity contribution is 0.0938.